The maximum absolute atomic E-state index is 14.1. The zero-order valence-corrected chi connectivity index (χ0v) is 18.9. The highest BCUT2D eigenvalue weighted by atomic mass is 35.5. The lowest BCUT2D eigenvalue weighted by Gasteiger charge is -2.64. The highest BCUT2D eigenvalue weighted by Crippen LogP contribution is 2.66. The normalized spacial score (nSPS) is 34.1. The Hall–Kier alpha value is -1.38. The fraction of sp³-hybridized carbons (Fsp3) is 0.556. The average Bonchev–Trinajstić information content (AvgIpc) is 2.69. The van der Waals surface area contributed by atoms with Crippen LogP contribution in [0.2, 0.25) is 5.02 Å². The van der Waals surface area contributed by atoms with Crippen molar-refractivity contribution in [3.05, 3.63) is 70.5 Å². The minimum absolute atomic E-state index is 0.0877. The van der Waals surface area contributed by atoms with Crippen LogP contribution in [0.15, 0.2) is 48.5 Å². The molecule has 0 unspecified atom stereocenters. The minimum atomic E-state index is -0.0877. The van der Waals surface area contributed by atoms with E-state index in [0.29, 0.717) is 16.9 Å². The van der Waals surface area contributed by atoms with Crippen LogP contribution in [-0.4, -0.2) is 12.1 Å². The van der Waals surface area contributed by atoms with Gasteiger partial charge in [-0.2, -0.15) is 0 Å². The molecule has 30 heavy (non-hydrogen) atoms. The lowest BCUT2D eigenvalue weighted by molar-refractivity contribution is -0.0893. The Morgan fingerprint density at radius 2 is 1.67 bits per heavy atom. The van der Waals surface area contributed by atoms with Crippen molar-refractivity contribution < 1.29 is 4.39 Å². The number of hydrogen-bond donors (Lipinski definition) is 1. The fourth-order valence-corrected chi connectivity index (χ4v) is 7.76. The summed E-state index contributed by atoms with van der Waals surface area (Å²) >= 11 is 6.20. The summed E-state index contributed by atoms with van der Waals surface area (Å²) in [6.45, 7) is 4.60. The third-order valence-corrected chi connectivity index (χ3v) is 8.75. The molecule has 4 bridgehead atoms. The Morgan fingerprint density at radius 3 is 2.33 bits per heavy atom. The first-order chi connectivity index (χ1) is 14.4. The average molecular weight is 426 g/mol. The molecule has 2 aromatic rings. The van der Waals surface area contributed by atoms with Gasteiger partial charge < -0.3 is 5.32 Å². The molecule has 4 aliphatic rings. The van der Waals surface area contributed by atoms with Gasteiger partial charge in [0.25, 0.3) is 0 Å². The molecule has 0 aliphatic heterocycles. The molecule has 0 amide bonds. The molecule has 1 nitrogen and oxygen atoms in total. The summed E-state index contributed by atoms with van der Waals surface area (Å²) in [7, 11) is 0. The maximum Gasteiger partial charge on any atom is 0.126 e. The molecule has 0 aromatic heterocycles. The van der Waals surface area contributed by atoms with Gasteiger partial charge in [0.1, 0.15) is 5.82 Å². The maximum atomic E-state index is 14.1. The molecule has 2 aromatic carbocycles. The van der Waals surface area contributed by atoms with Crippen LogP contribution in [0.25, 0.3) is 0 Å². The van der Waals surface area contributed by atoms with E-state index in [2.05, 4.69) is 43.4 Å². The minimum Gasteiger partial charge on any atom is -0.311 e. The van der Waals surface area contributed by atoms with Crippen LogP contribution in [0.5, 0.6) is 0 Å². The van der Waals surface area contributed by atoms with Gasteiger partial charge >= 0.3 is 0 Å². The van der Waals surface area contributed by atoms with Crippen LogP contribution in [0.3, 0.4) is 0 Å². The van der Waals surface area contributed by atoms with Crippen molar-refractivity contribution in [1.29, 1.82) is 0 Å². The molecule has 1 N–H and O–H groups in total. The second-order valence-electron chi connectivity index (χ2n) is 10.7. The SMILES string of the molecule is C[C@@H](Cc1ccccc1F)N[C@H](C)C12C[C@H]3C[C@@H](CC(c4ccc(Cl)cc4)(C3)C1)C2. The van der Waals surface area contributed by atoms with Gasteiger partial charge in [-0.15, -0.1) is 0 Å². The van der Waals surface area contributed by atoms with Crippen molar-refractivity contribution in [1.82, 2.24) is 5.32 Å². The van der Waals surface area contributed by atoms with Crippen LogP contribution < -0.4 is 5.32 Å². The van der Waals surface area contributed by atoms with E-state index >= 15 is 0 Å². The molecule has 0 radical (unpaired) electrons. The Morgan fingerprint density at radius 1 is 1.00 bits per heavy atom. The summed E-state index contributed by atoms with van der Waals surface area (Å²) in [6, 6.07) is 16.6. The zero-order valence-electron chi connectivity index (χ0n) is 18.1. The molecular formula is C27H33ClFN. The molecule has 4 fully saturated rings. The van der Waals surface area contributed by atoms with Gasteiger partial charge in [-0.3, -0.25) is 0 Å². The van der Waals surface area contributed by atoms with Crippen molar-refractivity contribution >= 4 is 11.6 Å². The highest BCUT2D eigenvalue weighted by molar-refractivity contribution is 6.30. The summed E-state index contributed by atoms with van der Waals surface area (Å²) in [5, 5.41) is 4.73. The Labute approximate surface area is 185 Å². The van der Waals surface area contributed by atoms with Crippen molar-refractivity contribution in [2.24, 2.45) is 17.3 Å². The molecule has 0 spiro atoms. The van der Waals surface area contributed by atoms with E-state index in [0.717, 1.165) is 28.8 Å². The molecule has 160 valence electrons. The Kier molecular flexibility index (Phi) is 5.22. The fourth-order valence-electron chi connectivity index (χ4n) is 7.64. The molecule has 6 rings (SSSR count). The van der Waals surface area contributed by atoms with Gasteiger partial charge in [-0.25, -0.2) is 4.39 Å². The van der Waals surface area contributed by atoms with Gasteiger partial charge in [-0.05, 0) is 111 Å². The van der Waals surface area contributed by atoms with Crippen LogP contribution in [-0.2, 0) is 11.8 Å². The third kappa shape index (κ3) is 3.60. The standard InChI is InChI=1S/C27H33ClFN/c1-18(11-22-5-3-4-6-25(22)29)30-19(2)26-13-20-12-21(14-26)16-27(15-20,17-26)23-7-9-24(28)10-8-23/h3-10,18-21,30H,11-17H2,1-2H3/t18-,19+,20+,21+,26?,27?/m0/s1. The topological polar surface area (TPSA) is 12.0 Å². The van der Waals surface area contributed by atoms with E-state index in [9.17, 15) is 4.39 Å². The van der Waals surface area contributed by atoms with E-state index in [1.54, 1.807) is 12.1 Å². The van der Waals surface area contributed by atoms with Gasteiger partial charge in [0.15, 0.2) is 0 Å². The van der Waals surface area contributed by atoms with E-state index in [1.165, 1.54) is 44.1 Å². The predicted molar refractivity (Wildman–Crippen MR) is 122 cm³/mol. The molecule has 4 saturated carbocycles. The predicted octanol–water partition coefficient (Wildman–Crippen LogP) is 6.93. The zero-order chi connectivity index (χ0) is 20.9. The second-order valence-corrected chi connectivity index (χ2v) is 11.1. The van der Waals surface area contributed by atoms with Gasteiger partial charge in [0, 0.05) is 17.1 Å². The van der Waals surface area contributed by atoms with Crippen molar-refractivity contribution in [3.8, 4) is 0 Å². The number of rotatable bonds is 6. The lowest BCUT2D eigenvalue weighted by Crippen LogP contribution is -2.60. The van der Waals surface area contributed by atoms with Crippen molar-refractivity contribution in [2.45, 2.75) is 76.3 Å². The first-order valence-electron chi connectivity index (χ1n) is 11.6. The molecule has 3 heteroatoms. The third-order valence-electron chi connectivity index (χ3n) is 8.50. The summed E-state index contributed by atoms with van der Waals surface area (Å²) in [6.07, 6.45) is 8.79. The van der Waals surface area contributed by atoms with Gasteiger partial charge in [-0.1, -0.05) is 41.9 Å². The quantitative estimate of drug-likeness (QED) is 0.529. The Balaban J connectivity index is 1.36. The lowest BCUT2D eigenvalue weighted by atomic mass is 9.41. The van der Waals surface area contributed by atoms with E-state index in [1.807, 2.05) is 12.1 Å². The van der Waals surface area contributed by atoms with Crippen LogP contribution in [0, 0.1) is 23.1 Å². The van der Waals surface area contributed by atoms with Crippen LogP contribution in [0.1, 0.15) is 63.5 Å². The van der Waals surface area contributed by atoms with Crippen LogP contribution in [0.4, 0.5) is 4.39 Å². The first kappa shape index (κ1) is 20.5. The molecule has 4 aliphatic carbocycles. The second kappa shape index (κ2) is 7.64. The molecular weight excluding hydrogens is 393 g/mol. The largest absolute Gasteiger partial charge is 0.311 e. The van der Waals surface area contributed by atoms with Crippen LogP contribution >= 0.6 is 11.6 Å². The van der Waals surface area contributed by atoms with E-state index in [4.69, 9.17) is 11.6 Å². The van der Waals surface area contributed by atoms with Gasteiger partial charge in [0.05, 0.1) is 0 Å². The number of halogens is 2. The monoisotopic (exact) mass is 425 g/mol. The molecule has 0 saturated heterocycles. The molecule has 0 heterocycles. The summed E-state index contributed by atoms with van der Waals surface area (Å²) in [5.74, 6) is 1.59. The molecule has 4 atom stereocenters. The van der Waals surface area contributed by atoms with Gasteiger partial charge in [0.2, 0.25) is 0 Å². The Bertz CT molecular complexity index is 893. The highest BCUT2D eigenvalue weighted by Gasteiger charge is 2.59. The van der Waals surface area contributed by atoms with Crippen molar-refractivity contribution in [3.63, 3.8) is 0 Å². The number of nitrogens with one attached hydrogen (secondary N) is 1. The van der Waals surface area contributed by atoms with E-state index < -0.39 is 0 Å². The summed E-state index contributed by atoms with van der Waals surface area (Å²) in [4.78, 5) is 0. The number of benzene rings is 2. The number of hydrogen-bond acceptors (Lipinski definition) is 1. The summed E-state index contributed by atoms with van der Waals surface area (Å²) in [5.41, 5.74) is 2.98. The first-order valence-corrected chi connectivity index (χ1v) is 12.0. The summed E-state index contributed by atoms with van der Waals surface area (Å²) < 4.78 is 14.1. The van der Waals surface area contributed by atoms with Crippen molar-refractivity contribution in [2.75, 3.05) is 0 Å². The van der Waals surface area contributed by atoms with E-state index in [-0.39, 0.29) is 11.9 Å². The smallest absolute Gasteiger partial charge is 0.126 e.